The Hall–Kier alpha value is -2.41. The van der Waals surface area contributed by atoms with Crippen LogP contribution in [0.1, 0.15) is 23.8 Å². The molecule has 0 aliphatic carbocycles. The number of rotatable bonds is 3. The van der Waals surface area contributed by atoms with Crippen molar-refractivity contribution in [1.82, 2.24) is 25.7 Å². The molecule has 2 amide bonds. The average Bonchev–Trinajstić information content (AvgIpc) is 2.80. The average molecular weight is 315 g/mol. The normalized spacial score (nSPS) is 16.8. The number of carbonyl (C=O) groups is 2. The van der Waals surface area contributed by atoms with Crippen LogP contribution in [-0.2, 0) is 4.79 Å². The largest absolute Gasteiger partial charge is 0.340 e. The Balaban J connectivity index is 1.68. The molecule has 3 rings (SSSR count). The van der Waals surface area contributed by atoms with E-state index in [-0.39, 0.29) is 11.8 Å². The van der Waals surface area contributed by atoms with E-state index in [0.29, 0.717) is 12.2 Å². The number of benzene rings is 1. The molecule has 1 aromatic heterocycles. The van der Waals surface area contributed by atoms with Gasteiger partial charge in [0, 0.05) is 25.0 Å². The lowest BCUT2D eigenvalue weighted by molar-refractivity contribution is -0.132. The summed E-state index contributed by atoms with van der Waals surface area (Å²) in [6, 6.07) is 6.85. The number of nitrogens with zero attached hydrogens (tertiary/aromatic N) is 2. The zero-order chi connectivity index (χ0) is 16.2. The molecule has 0 saturated carbocycles. The Bertz CT molecular complexity index is 703. The predicted octanol–water partition coefficient (Wildman–Crippen LogP) is 0.503. The Kier molecular flexibility index (Phi) is 4.57. The number of aromatic nitrogens is 2. The summed E-state index contributed by atoms with van der Waals surface area (Å²) < 4.78 is 0. The summed E-state index contributed by atoms with van der Waals surface area (Å²) in [7, 11) is 0. The predicted molar refractivity (Wildman–Crippen MR) is 87.1 cm³/mol. The van der Waals surface area contributed by atoms with E-state index in [1.807, 2.05) is 24.3 Å². The van der Waals surface area contributed by atoms with Crippen LogP contribution in [0.4, 0.5) is 0 Å². The molecule has 0 spiro atoms. The van der Waals surface area contributed by atoms with E-state index < -0.39 is 6.04 Å². The maximum absolute atomic E-state index is 12.5. The van der Waals surface area contributed by atoms with Crippen molar-refractivity contribution in [2.24, 2.45) is 0 Å². The van der Waals surface area contributed by atoms with Crippen molar-refractivity contribution in [2.45, 2.75) is 19.4 Å². The van der Waals surface area contributed by atoms with Gasteiger partial charge in [0.15, 0.2) is 5.69 Å². The Labute approximate surface area is 134 Å². The molecule has 1 aliphatic rings. The maximum Gasteiger partial charge on any atom is 0.273 e. The van der Waals surface area contributed by atoms with Crippen molar-refractivity contribution in [1.29, 1.82) is 0 Å². The van der Waals surface area contributed by atoms with Crippen molar-refractivity contribution in [3.63, 3.8) is 0 Å². The van der Waals surface area contributed by atoms with E-state index in [0.717, 1.165) is 37.0 Å². The zero-order valence-electron chi connectivity index (χ0n) is 13.1. The third-order valence-electron chi connectivity index (χ3n) is 4.06. The van der Waals surface area contributed by atoms with E-state index in [1.165, 1.54) is 0 Å². The molecule has 1 aliphatic heterocycles. The highest BCUT2D eigenvalue weighted by molar-refractivity contribution is 6.05. The molecule has 7 heteroatoms. The van der Waals surface area contributed by atoms with E-state index >= 15 is 0 Å². The van der Waals surface area contributed by atoms with Crippen LogP contribution in [0.25, 0.3) is 10.9 Å². The van der Waals surface area contributed by atoms with Gasteiger partial charge in [-0.25, -0.2) is 0 Å². The smallest absolute Gasteiger partial charge is 0.273 e. The first-order chi connectivity index (χ1) is 11.2. The fourth-order valence-electron chi connectivity index (χ4n) is 2.80. The number of hydrogen-bond donors (Lipinski definition) is 3. The number of hydrogen-bond acceptors (Lipinski definition) is 4. The summed E-state index contributed by atoms with van der Waals surface area (Å²) in [5, 5.41) is 13.7. The Morgan fingerprint density at radius 1 is 1.26 bits per heavy atom. The van der Waals surface area contributed by atoms with Gasteiger partial charge in [0.2, 0.25) is 5.91 Å². The lowest BCUT2D eigenvalue weighted by atomic mass is 10.2. The van der Waals surface area contributed by atoms with Gasteiger partial charge in [-0.2, -0.15) is 5.10 Å². The molecule has 0 radical (unpaired) electrons. The SMILES string of the molecule is CC(NC(=O)c1n[nH]c2ccccc12)C(=O)N1CCCNCC1. The second kappa shape index (κ2) is 6.78. The third kappa shape index (κ3) is 3.34. The van der Waals surface area contributed by atoms with E-state index in [2.05, 4.69) is 20.8 Å². The summed E-state index contributed by atoms with van der Waals surface area (Å²) >= 11 is 0. The molecule has 122 valence electrons. The summed E-state index contributed by atoms with van der Waals surface area (Å²) in [6.07, 6.45) is 0.927. The fourth-order valence-corrected chi connectivity index (χ4v) is 2.80. The van der Waals surface area contributed by atoms with Crippen LogP contribution < -0.4 is 10.6 Å². The van der Waals surface area contributed by atoms with Gasteiger partial charge in [0.1, 0.15) is 6.04 Å². The van der Waals surface area contributed by atoms with Gasteiger partial charge in [-0.1, -0.05) is 18.2 Å². The molecule has 2 aromatic rings. The van der Waals surface area contributed by atoms with Crippen molar-refractivity contribution < 1.29 is 9.59 Å². The lowest BCUT2D eigenvalue weighted by Crippen LogP contribution is -2.48. The number of aromatic amines is 1. The van der Waals surface area contributed by atoms with Crippen molar-refractivity contribution >= 4 is 22.7 Å². The highest BCUT2D eigenvalue weighted by Crippen LogP contribution is 2.15. The Morgan fingerprint density at radius 2 is 2.09 bits per heavy atom. The first-order valence-electron chi connectivity index (χ1n) is 7.90. The van der Waals surface area contributed by atoms with Gasteiger partial charge in [-0.3, -0.25) is 14.7 Å². The summed E-state index contributed by atoms with van der Waals surface area (Å²) in [4.78, 5) is 26.7. The number of H-pyrrole nitrogens is 1. The lowest BCUT2D eigenvalue weighted by Gasteiger charge is -2.24. The second-order valence-corrected chi connectivity index (χ2v) is 5.74. The first-order valence-corrected chi connectivity index (χ1v) is 7.90. The maximum atomic E-state index is 12.5. The summed E-state index contributed by atoms with van der Waals surface area (Å²) in [5.74, 6) is -0.391. The molecule has 1 fully saturated rings. The van der Waals surface area contributed by atoms with Crippen LogP contribution in [0.5, 0.6) is 0 Å². The minimum atomic E-state index is -0.573. The van der Waals surface area contributed by atoms with Gasteiger partial charge in [0.05, 0.1) is 5.52 Å². The van der Waals surface area contributed by atoms with Crippen LogP contribution >= 0.6 is 0 Å². The van der Waals surface area contributed by atoms with Gasteiger partial charge in [0.25, 0.3) is 5.91 Å². The molecule has 1 aromatic carbocycles. The van der Waals surface area contributed by atoms with E-state index in [4.69, 9.17) is 0 Å². The van der Waals surface area contributed by atoms with Gasteiger partial charge >= 0.3 is 0 Å². The molecule has 0 bridgehead atoms. The number of fused-ring (bicyclic) bond motifs is 1. The van der Waals surface area contributed by atoms with Gasteiger partial charge in [-0.15, -0.1) is 0 Å². The summed E-state index contributed by atoms with van der Waals surface area (Å²) in [5.41, 5.74) is 1.12. The molecule has 7 nitrogen and oxygen atoms in total. The molecular formula is C16H21N5O2. The highest BCUT2D eigenvalue weighted by Gasteiger charge is 2.24. The summed E-state index contributed by atoms with van der Waals surface area (Å²) in [6.45, 7) is 4.81. The molecule has 3 N–H and O–H groups in total. The standard InChI is InChI=1S/C16H21N5O2/c1-11(16(23)21-9-4-7-17-8-10-21)18-15(22)14-12-5-2-3-6-13(12)19-20-14/h2-3,5-6,11,17H,4,7-10H2,1H3,(H,18,22)(H,19,20). The fraction of sp³-hybridized carbons (Fsp3) is 0.438. The quantitative estimate of drug-likeness (QED) is 0.769. The second-order valence-electron chi connectivity index (χ2n) is 5.74. The molecular weight excluding hydrogens is 294 g/mol. The number of carbonyl (C=O) groups excluding carboxylic acids is 2. The molecule has 1 unspecified atom stereocenters. The zero-order valence-corrected chi connectivity index (χ0v) is 13.1. The molecule has 1 saturated heterocycles. The number of amides is 2. The van der Waals surface area contributed by atoms with Gasteiger partial charge in [-0.05, 0) is 26.0 Å². The Morgan fingerprint density at radius 3 is 2.96 bits per heavy atom. The minimum Gasteiger partial charge on any atom is -0.340 e. The number of para-hydroxylation sites is 1. The third-order valence-corrected chi connectivity index (χ3v) is 4.06. The molecule has 2 heterocycles. The first kappa shape index (κ1) is 15.5. The highest BCUT2D eigenvalue weighted by atomic mass is 16.2. The topological polar surface area (TPSA) is 90.1 Å². The monoisotopic (exact) mass is 315 g/mol. The van der Waals surface area contributed by atoms with Crippen LogP contribution in [0.3, 0.4) is 0 Å². The van der Waals surface area contributed by atoms with E-state index in [9.17, 15) is 9.59 Å². The van der Waals surface area contributed by atoms with Crippen LogP contribution in [0.2, 0.25) is 0 Å². The molecule has 1 atom stereocenters. The van der Waals surface area contributed by atoms with Crippen molar-refractivity contribution in [2.75, 3.05) is 26.2 Å². The van der Waals surface area contributed by atoms with Crippen LogP contribution in [0.15, 0.2) is 24.3 Å². The van der Waals surface area contributed by atoms with Crippen molar-refractivity contribution in [3.8, 4) is 0 Å². The van der Waals surface area contributed by atoms with Crippen LogP contribution in [-0.4, -0.2) is 59.1 Å². The molecule has 23 heavy (non-hydrogen) atoms. The van der Waals surface area contributed by atoms with Gasteiger partial charge < -0.3 is 15.5 Å². The minimum absolute atomic E-state index is 0.0538. The van der Waals surface area contributed by atoms with E-state index in [1.54, 1.807) is 11.8 Å². The van der Waals surface area contributed by atoms with Crippen molar-refractivity contribution in [3.05, 3.63) is 30.0 Å². The van der Waals surface area contributed by atoms with Crippen LogP contribution in [0, 0.1) is 0 Å². The number of nitrogens with one attached hydrogen (secondary N) is 3.